The average molecular weight is 742 g/mol. The summed E-state index contributed by atoms with van der Waals surface area (Å²) in [4.78, 5) is 56.5. The molecule has 2 aliphatic rings. The van der Waals surface area contributed by atoms with Gasteiger partial charge in [-0.2, -0.15) is 0 Å². The number of anilines is 1. The molecular weight excluding hydrogens is 692 g/mol. The summed E-state index contributed by atoms with van der Waals surface area (Å²) in [6.45, 7) is 6.02. The van der Waals surface area contributed by atoms with Crippen molar-refractivity contribution in [2.75, 3.05) is 52.7 Å². The Morgan fingerprint density at radius 1 is 0.963 bits per heavy atom. The number of ether oxygens (including phenoxy) is 1. The monoisotopic (exact) mass is 741 g/mol. The number of rotatable bonds is 15. The molecule has 0 spiro atoms. The summed E-state index contributed by atoms with van der Waals surface area (Å²) >= 11 is 0. The summed E-state index contributed by atoms with van der Waals surface area (Å²) in [7, 11) is 7.68. The lowest BCUT2D eigenvalue weighted by Gasteiger charge is -2.21. The van der Waals surface area contributed by atoms with Crippen molar-refractivity contribution in [2.24, 2.45) is 5.11 Å². The van der Waals surface area contributed by atoms with Crippen molar-refractivity contribution in [3.63, 3.8) is 0 Å². The molecule has 15 heteroatoms. The summed E-state index contributed by atoms with van der Waals surface area (Å²) in [6, 6.07) is 15.0. The Morgan fingerprint density at radius 2 is 1.69 bits per heavy atom. The van der Waals surface area contributed by atoms with Gasteiger partial charge >= 0.3 is 12.1 Å². The number of hydrogen-bond acceptors (Lipinski definition) is 8. The topological polar surface area (TPSA) is 202 Å². The molecule has 286 valence electrons. The Balaban J connectivity index is 1.66. The first-order valence-electron chi connectivity index (χ1n) is 17.7. The molecule has 0 aromatic heterocycles. The Labute approximate surface area is 314 Å². The number of azide groups is 1. The zero-order chi connectivity index (χ0) is 39.6. The molecule has 4 rings (SSSR count). The van der Waals surface area contributed by atoms with Crippen molar-refractivity contribution < 1.29 is 33.4 Å². The first kappa shape index (κ1) is 40.7. The van der Waals surface area contributed by atoms with E-state index in [0.717, 1.165) is 11.0 Å². The number of alkyl carbamates (subject to hydrolysis) is 1. The molecule has 0 saturated heterocycles. The number of hydrogen-bond donors (Lipinski definition) is 4. The molecule has 4 N–H and O–H groups in total. The van der Waals surface area contributed by atoms with Gasteiger partial charge in [0.25, 0.3) is 5.91 Å². The molecule has 1 atom stereocenters. The molecular formula is C39H49N8O7+. The number of nitrogens with one attached hydrogen (secondary N) is 3. The van der Waals surface area contributed by atoms with Gasteiger partial charge in [-0.25, -0.2) is 14.2 Å². The van der Waals surface area contributed by atoms with E-state index in [9.17, 15) is 24.3 Å². The van der Waals surface area contributed by atoms with Crippen LogP contribution in [0.25, 0.3) is 43.9 Å². The van der Waals surface area contributed by atoms with Gasteiger partial charge in [0.2, 0.25) is 11.3 Å². The molecule has 1 aliphatic carbocycles. The Morgan fingerprint density at radius 3 is 2.35 bits per heavy atom. The van der Waals surface area contributed by atoms with E-state index in [1.165, 1.54) is 6.07 Å². The van der Waals surface area contributed by atoms with Crippen molar-refractivity contribution in [1.29, 1.82) is 0 Å². The summed E-state index contributed by atoms with van der Waals surface area (Å²) in [5.41, 5.74) is 11.1. The van der Waals surface area contributed by atoms with Gasteiger partial charge in [0.1, 0.15) is 37.1 Å². The van der Waals surface area contributed by atoms with Crippen LogP contribution in [-0.2, 0) is 9.53 Å². The number of benzene rings is 3. The fraction of sp³-hybridized carbons (Fsp3) is 0.410. The highest BCUT2D eigenvalue weighted by Gasteiger charge is 2.26. The number of nitrogens with zero attached hydrogens (tertiary/aromatic N) is 5. The maximum absolute atomic E-state index is 13.7. The Kier molecular flexibility index (Phi) is 13.6. The number of aromatic carboxylic acids is 1. The van der Waals surface area contributed by atoms with Crippen LogP contribution >= 0.6 is 0 Å². The minimum atomic E-state index is -1.23. The number of carboxylic acids is 1. The molecule has 54 heavy (non-hydrogen) atoms. The highest BCUT2D eigenvalue weighted by atomic mass is 16.6. The normalized spacial score (nSPS) is 11.7. The van der Waals surface area contributed by atoms with Gasteiger partial charge < -0.3 is 35.1 Å². The van der Waals surface area contributed by atoms with Crippen LogP contribution in [0.1, 0.15) is 67.2 Å². The maximum atomic E-state index is 13.7. The third kappa shape index (κ3) is 10.7. The van der Waals surface area contributed by atoms with Crippen LogP contribution in [0.3, 0.4) is 0 Å². The van der Waals surface area contributed by atoms with Gasteiger partial charge in [0.05, 0.1) is 11.6 Å². The van der Waals surface area contributed by atoms with Crippen LogP contribution in [0, 0.1) is 0 Å². The number of fused-ring (bicyclic) bond motifs is 2. The van der Waals surface area contributed by atoms with Crippen molar-refractivity contribution in [3.05, 3.63) is 81.5 Å². The van der Waals surface area contributed by atoms with Gasteiger partial charge in [0.15, 0.2) is 0 Å². The highest BCUT2D eigenvalue weighted by Crippen LogP contribution is 2.42. The molecule has 15 nitrogen and oxygen atoms in total. The van der Waals surface area contributed by atoms with Crippen LogP contribution in [0.5, 0.6) is 0 Å². The summed E-state index contributed by atoms with van der Waals surface area (Å²) in [5.74, 6) is -1.75. The number of carbonyl (C=O) groups excluding carboxylic acids is 3. The van der Waals surface area contributed by atoms with E-state index in [2.05, 4.69) is 26.0 Å². The predicted octanol–water partition coefficient (Wildman–Crippen LogP) is 5.61. The number of carboxylic acid groups (broad SMARTS) is 1. The van der Waals surface area contributed by atoms with Crippen molar-refractivity contribution in [1.82, 2.24) is 20.5 Å². The molecule has 0 radical (unpaired) electrons. The zero-order valence-electron chi connectivity index (χ0n) is 31.9. The smallest absolute Gasteiger partial charge is 0.407 e. The van der Waals surface area contributed by atoms with E-state index in [4.69, 9.17) is 14.7 Å². The molecule has 1 aliphatic heterocycles. The lowest BCUT2D eigenvalue weighted by molar-refractivity contribution is -0.123. The molecule has 0 fully saturated rings. The second-order valence-corrected chi connectivity index (χ2v) is 14.2. The maximum Gasteiger partial charge on any atom is 0.407 e. The lowest BCUT2D eigenvalue weighted by Crippen LogP contribution is -2.47. The van der Waals surface area contributed by atoms with E-state index in [1.54, 1.807) is 32.9 Å². The lowest BCUT2D eigenvalue weighted by atomic mass is 9.89. The van der Waals surface area contributed by atoms with Crippen LogP contribution in [-0.4, -0.2) is 88.5 Å². The Bertz CT molecular complexity index is 2110. The standard InChI is InChI=1S/C39H48N8O7/c1-39(2,3)54-38(52)42-18-9-8-11-31(36(49)41-19-10-20-43-45-40)44-35(48)24-12-15-27(30(21-24)37(50)51)34-28-16-13-25(46(4)5)22-32(28)53-33-23-26(47(6)7)14-17-29(33)34/h12-17,21-23,31H,8-11,18-20H2,1-7H3,(H3-,41,42,44,48,49,50,51,52)/p+1. The minimum absolute atomic E-state index is 0.0583. The minimum Gasteiger partial charge on any atom is -0.478 e. The quantitative estimate of drug-likeness (QED) is 0.0301. The number of amides is 3. The zero-order valence-corrected chi connectivity index (χ0v) is 31.9. The van der Waals surface area contributed by atoms with E-state index >= 15 is 0 Å². The van der Waals surface area contributed by atoms with E-state index in [-0.39, 0.29) is 30.6 Å². The van der Waals surface area contributed by atoms with E-state index in [0.29, 0.717) is 59.2 Å². The fourth-order valence-corrected chi connectivity index (χ4v) is 5.81. The third-order valence-electron chi connectivity index (χ3n) is 8.51. The second kappa shape index (κ2) is 18.1. The summed E-state index contributed by atoms with van der Waals surface area (Å²) < 4.78 is 13.6. The van der Waals surface area contributed by atoms with Crippen LogP contribution in [0.4, 0.5) is 10.5 Å². The first-order chi connectivity index (χ1) is 25.6. The molecule has 0 bridgehead atoms. The molecule has 1 heterocycles. The van der Waals surface area contributed by atoms with Crippen LogP contribution in [0.2, 0.25) is 0 Å². The van der Waals surface area contributed by atoms with E-state index < -0.39 is 35.5 Å². The molecule has 2 aromatic carbocycles. The number of unbranched alkanes of at least 4 members (excludes halogenated alkanes) is 1. The van der Waals surface area contributed by atoms with Crippen molar-refractivity contribution in [3.8, 4) is 22.5 Å². The van der Waals surface area contributed by atoms with Crippen molar-refractivity contribution in [2.45, 2.75) is 58.1 Å². The van der Waals surface area contributed by atoms with Crippen molar-refractivity contribution >= 4 is 40.5 Å². The summed E-state index contributed by atoms with van der Waals surface area (Å²) in [6.07, 6.45) is 1.07. The molecule has 3 amide bonds. The van der Waals surface area contributed by atoms with Crippen LogP contribution in [0.15, 0.2) is 64.1 Å². The van der Waals surface area contributed by atoms with Gasteiger partial charge in [-0.05, 0) is 87.9 Å². The fourth-order valence-electron chi connectivity index (χ4n) is 5.81. The van der Waals surface area contributed by atoms with Gasteiger partial charge in [-0.3, -0.25) is 9.59 Å². The molecule has 1 unspecified atom stereocenters. The Hall–Kier alpha value is -6.08. The van der Waals surface area contributed by atoms with Crippen LogP contribution < -0.4 is 30.8 Å². The van der Waals surface area contributed by atoms with Gasteiger partial charge in [-0.15, -0.1) is 0 Å². The highest BCUT2D eigenvalue weighted by molar-refractivity contribution is 6.09. The molecule has 2 aromatic rings. The van der Waals surface area contributed by atoms with Gasteiger partial charge in [-0.1, -0.05) is 11.2 Å². The summed E-state index contributed by atoms with van der Waals surface area (Å²) in [5, 5.41) is 23.8. The first-order valence-corrected chi connectivity index (χ1v) is 17.7. The average Bonchev–Trinajstić information content (AvgIpc) is 3.11. The van der Waals surface area contributed by atoms with E-state index in [1.807, 2.05) is 74.1 Å². The van der Waals surface area contributed by atoms with Gasteiger partial charge in [0, 0.05) is 78.5 Å². The predicted molar refractivity (Wildman–Crippen MR) is 208 cm³/mol. The second-order valence-electron chi connectivity index (χ2n) is 14.2. The SMILES string of the molecule is CN(C)c1ccc2c(-c3ccc(C(=O)NC(CCCCNC(=O)OC(C)(C)C)C(=O)NCCCN=[N+]=[N-])cc3C(=O)O)c3ccc(=[N+](C)C)cc-3oc2c1. The number of carbonyl (C=O) groups is 4. The largest absolute Gasteiger partial charge is 0.478 e. The third-order valence-corrected chi connectivity index (χ3v) is 8.51. The molecule has 0 saturated carbocycles.